The number of hydrogen-bond acceptors (Lipinski definition) is 1. The Labute approximate surface area is 108 Å². The molecule has 0 radical (unpaired) electrons. The molecule has 0 N–H and O–H groups in total. The Balaban J connectivity index is 3.01. The summed E-state index contributed by atoms with van der Waals surface area (Å²) in [5, 5.41) is 0. The van der Waals surface area contributed by atoms with E-state index < -0.39 is 0 Å². The van der Waals surface area contributed by atoms with E-state index in [1.807, 2.05) is 6.08 Å². The van der Waals surface area contributed by atoms with E-state index in [0.717, 1.165) is 24.2 Å². The zero-order valence-electron chi connectivity index (χ0n) is 12.2. The van der Waals surface area contributed by atoms with Gasteiger partial charge in [-0.05, 0) is 19.3 Å². The van der Waals surface area contributed by atoms with E-state index in [1.165, 1.54) is 44.9 Å². The normalized spacial score (nSPS) is 11.7. The minimum atomic E-state index is 0.892. The van der Waals surface area contributed by atoms with Crippen molar-refractivity contribution >= 4 is 0 Å². The molecule has 0 aliphatic carbocycles. The van der Waals surface area contributed by atoms with E-state index in [0.29, 0.717) is 0 Å². The van der Waals surface area contributed by atoms with Crippen LogP contribution in [0, 0.1) is 0 Å². The maximum atomic E-state index is 5.63. The van der Waals surface area contributed by atoms with Crippen LogP contribution in [0.2, 0.25) is 0 Å². The highest BCUT2D eigenvalue weighted by Gasteiger charge is 2.05. The van der Waals surface area contributed by atoms with Gasteiger partial charge in [-0.2, -0.15) is 0 Å². The molecule has 0 aromatic carbocycles. The van der Waals surface area contributed by atoms with Crippen LogP contribution in [0.15, 0.2) is 12.7 Å². The molecule has 0 fully saturated rings. The Morgan fingerprint density at radius 3 is 2.06 bits per heavy atom. The maximum absolute atomic E-state index is 5.63. The van der Waals surface area contributed by atoms with Gasteiger partial charge in [-0.25, -0.2) is 0 Å². The number of likely N-dealkylation sites (N-methyl/N-ethyl adjacent to an activating group) is 1. The molecule has 17 heavy (non-hydrogen) atoms. The predicted molar refractivity (Wildman–Crippen MR) is 76.2 cm³/mol. The van der Waals surface area contributed by atoms with E-state index in [9.17, 15) is 0 Å². The first-order chi connectivity index (χ1) is 8.06. The molecular weight excluding hydrogens is 210 g/mol. The number of allylic oxidation sites excluding steroid dienone is 1. The third-order valence-corrected chi connectivity index (χ3v) is 2.85. The quantitative estimate of drug-likeness (QED) is 0.288. The Bertz CT molecular complexity index is 172. The molecule has 2 nitrogen and oxygen atoms in total. The molecule has 0 rings (SSSR count). The predicted octanol–water partition coefficient (Wildman–Crippen LogP) is 3.63. The van der Waals surface area contributed by atoms with Gasteiger partial charge in [0.05, 0.1) is 27.7 Å². The Morgan fingerprint density at radius 1 is 0.882 bits per heavy atom. The Morgan fingerprint density at radius 2 is 1.47 bits per heavy atom. The third-order valence-electron chi connectivity index (χ3n) is 2.85. The van der Waals surface area contributed by atoms with Gasteiger partial charge < -0.3 is 9.22 Å². The first-order valence-electron chi connectivity index (χ1n) is 7.05. The van der Waals surface area contributed by atoms with Crippen LogP contribution >= 0.6 is 0 Å². The lowest BCUT2D eigenvalue weighted by molar-refractivity contribution is -0.870. The average molecular weight is 242 g/mol. The van der Waals surface area contributed by atoms with Crippen LogP contribution in [0.25, 0.3) is 0 Å². The van der Waals surface area contributed by atoms with Crippen molar-refractivity contribution in [2.24, 2.45) is 0 Å². The van der Waals surface area contributed by atoms with Gasteiger partial charge in [0.1, 0.15) is 6.54 Å². The highest BCUT2D eigenvalue weighted by Crippen LogP contribution is 2.07. The van der Waals surface area contributed by atoms with Gasteiger partial charge in [0.2, 0.25) is 0 Å². The first kappa shape index (κ1) is 16.7. The molecule has 2 heteroatoms. The SMILES string of the molecule is C=CCCCCCCCCOCC[N+](C)(C)C. The number of hydrogen-bond donors (Lipinski definition) is 0. The van der Waals surface area contributed by atoms with Crippen molar-refractivity contribution in [3.63, 3.8) is 0 Å². The molecule has 0 aliphatic heterocycles. The van der Waals surface area contributed by atoms with Crippen LogP contribution in [-0.4, -0.2) is 45.4 Å². The fourth-order valence-electron chi connectivity index (χ4n) is 1.64. The van der Waals surface area contributed by atoms with Crippen molar-refractivity contribution in [1.29, 1.82) is 0 Å². The lowest BCUT2D eigenvalue weighted by Crippen LogP contribution is -2.37. The molecule has 0 saturated heterocycles. The van der Waals surface area contributed by atoms with Crippen LogP contribution in [0.3, 0.4) is 0 Å². The van der Waals surface area contributed by atoms with Crippen LogP contribution < -0.4 is 0 Å². The Kier molecular flexibility index (Phi) is 10.6. The van der Waals surface area contributed by atoms with Crippen LogP contribution in [0.5, 0.6) is 0 Å². The molecule has 0 amide bonds. The summed E-state index contributed by atoms with van der Waals surface area (Å²) in [5.41, 5.74) is 0. The molecule has 0 unspecified atom stereocenters. The molecule has 0 aliphatic rings. The number of ether oxygens (including phenoxy) is 1. The molecule has 0 bridgehead atoms. The number of unbranched alkanes of at least 4 members (excludes halogenated alkanes) is 6. The van der Waals surface area contributed by atoms with Crippen LogP contribution in [-0.2, 0) is 4.74 Å². The van der Waals surface area contributed by atoms with Crippen LogP contribution in [0.1, 0.15) is 44.9 Å². The van der Waals surface area contributed by atoms with E-state index >= 15 is 0 Å². The zero-order valence-corrected chi connectivity index (χ0v) is 12.2. The molecular formula is C15H32NO+. The third kappa shape index (κ3) is 15.7. The van der Waals surface area contributed by atoms with E-state index in [1.54, 1.807) is 0 Å². The standard InChI is InChI=1S/C15H32NO/c1-5-6-7-8-9-10-11-12-14-17-15-13-16(2,3)4/h5H,1,6-15H2,2-4H3/q+1. The summed E-state index contributed by atoms with van der Waals surface area (Å²) in [7, 11) is 6.60. The monoisotopic (exact) mass is 242 g/mol. The second-order valence-corrected chi connectivity index (χ2v) is 5.82. The Hall–Kier alpha value is -0.340. The molecule has 0 aromatic rings. The molecule has 0 aromatic heterocycles. The maximum Gasteiger partial charge on any atom is 0.102 e. The summed E-state index contributed by atoms with van der Waals surface area (Å²) >= 11 is 0. The summed E-state index contributed by atoms with van der Waals surface area (Å²) in [6.45, 7) is 6.66. The lowest BCUT2D eigenvalue weighted by atomic mass is 10.1. The van der Waals surface area contributed by atoms with Gasteiger partial charge in [0.25, 0.3) is 0 Å². The minimum Gasteiger partial charge on any atom is -0.376 e. The average Bonchev–Trinajstić information content (AvgIpc) is 2.24. The molecule has 0 atom stereocenters. The molecule has 0 heterocycles. The fraction of sp³-hybridized carbons (Fsp3) is 0.867. The minimum absolute atomic E-state index is 0.892. The lowest BCUT2D eigenvalue weighted by Gasteiger charge is -2.23. The smallest absolute Gasteiger partial charge is 0.102 e. The van der Waals surface area contributed by atoms with Crippen molar-refractivity contribution < 1.29 is 9.22 Å². The highest BCUT2D eigenvalue weighted by molar-refractivity contribution is 4.65. The molecule has 102 valence electrons. The number of nitrogens with zero attached hydrogens (tertiary/aromatic N) is 1. The van der Waals surface area contributed by atoms with Crippen molar-refractivity contribution in [3.05, 3.63) is 12.7 Å². The van der Waals surface area contributed by atoms with E-state index in [-0.39, 0.29) is 0 Å². The van der Waals surface area contributed by atoms with Crippen LogP contribution in [0.4, 0.5) is 0 Å². The fourth-order valence-corrected chi connectivity index (χ4v) is 1.64. The number of quaternary nitrogens is 1. The van der Waals surface area contributed by atoms with E-state index in [2.05, 4.69) is 27.7 Å². The van der Waals surface area contributed by atoms with E-state index in [4.69, 9.17) is 4.74 Å². The van der Waals surface area contributed by atoms with Gasteiger partial charge >= 0.3 is 0 Å². The second-order valence-electron chi connectivity index (χ2n) is 5.82. The van der Waals surface area contributed by atoms with Gasteiger partial charge in [-0.15, -0.1) is 6.58 Å². The van der Waals surface area contributed by atoms with Gasteiger partial charge in [0.15, 0.2) is 0 Å². The van der Waals surface area contributed by atoms with Gasteiger partial charge in [-0.3, -0.25) is 0 Å². The largest absolute Gasteiger partial charge is 0.376 e. The topological polar surface area (TPSA) is 9.23 Å². The summed E-state index contributed by atoms with van der Waals surface area (Å²) in [4.78, 5) is 0. The summed E-state index contributed by atoms with van der Waals surface area (Å²) in [6, 6.07) is 0. The molecule has 0 saturated carbocycles. The molecule has 0 spiro atoms. The first-order valence-corrected chi connectivity index (χ1v) is 7.05. The summed E-state index contributed by atoms with van der Waals surface area (Å²) < 4.78 is 6.62. The second kappa shape index (κ2) is 10.8. The summed E-state index contributed by atoms with van der Waals surface area (Å²) in [6.07, 6.45) is 11.1. The van der Waals surface area contributed by atoms with Crippen molar-refractivity contribution in [2.45, 2.75) is 44.9 Å². The summed E-state index contributed by atoms with van der Waals surface area (Å²) in [5.74, 6) is 0. The van der Waals surface area contributed by atoms with Crippen molar-refractivity contribution in [2.75, 3.05) is 40.9 Å². The van der Waals surface area contributed by atoms with Gasteiger partial charge in [0, 0.05) is 6.61 Å². The zero-order chi connectivity index (χ0) is 13.0. The van der Waals surface area contributed by atoms with Crippen molar-refractivity contribution in [3.8, 4) is 0 Å². The highest BCUT2D eigenvalue weighted by atomic mass is 16.5. The van der Waals surface area contributed by atoms with Gasteiger partial charge in [-0.1, -0.05) is 31.8 Å². The van der Waals surface area contributed by atoms with Crippen molar-refractivity contribution in [1.82, 2.24) is 0 Å². The number of rotatable bonds is 12.